The van der Waals surface area contributed by atoms with Crippen LogP contribution in [-0.2, 0) is 6.54 Å². The van der Waals surface area contributed by atoms with Crippen LogP contribution in [0.1, 0.15) is 37.2 Å². The number of carbonyl (C=O) groups is 1. The van der Waals surface area contributed by atoms with Crippen molar-refractivity contribution in [2.24, 2.45) is 5.92 Å². The zero-order valence-corrected chi connectivity index (χ0v) is 15.8. The van der Waals surface area contributed by atoms with Crippen LogP contribution in [0.5, 0.6) is 0 Å². The van der Waals surface area contributed by atoms with Crippen molar-refractivity contribution in [2.45, 2.75) is 33.4 Å². The summed E-state index contributed by atoms with van der Waals surface area (Å²) in [5.74, 6) is 1.12. The molecule has 0 fully saturated rings. The monoisotopic (exact) mass is 345 g/mol. The summed E-state index contributed by atoms with van der Waals surface area (Å²) in [5.41, 5.74) is 2.18. The Kier molecular flexibility index (Phi) is 6.01. The lowest BCUT2D eigenvalue weighted by atomic mass is 10.0. The number of para-hydroxylation sites is 1. The number of benzene rings is 1. The third-order valence-corrected chi connectivity index (χ3v) is 3.98. The van der Waals surface area contributed by atoms with Gasteiger partial charge in [0.2, 0.25) is 5.89 Å². The van der Waals surface area contributed by atoms with Crippen molar-refractivity contribution in [1.82, 2.24) is 20.4 Å². The van der Waals surface area contributed by atoms with E-state index in [9.17, 15) is 4.79 Å². The summed E-state index contributed by atoms with van der Waals surface area (Å²) in [4.78, 5) is 20.6. The van der Waals surface area contributed by atoms with Gasteiger partial charge in [-0.25, -0.2) is 4.79 Å². The summed E-state index contributed by atoms with van der Waals surface area (Å²) < 4.78 is 5.24. The maximum Gasteiger partial charge on any atom is 0.318 e. The van der Waals surface area contributed by atoms with Crippen LogP contribution in [0.3, 0.4) is 0 Å². The highest BCUT2D eigenvalue weighted by molar-refractivity contribution is 5.74. The number of anilines is 1. The van der Waals surface area contributed by atoms with Gasteiger partial charge in [-0.05, 0) is 24.5 Å². The Morgan fingerprint density at radius 1 is 1.24 bits per heavy atom. The van der Waals surface area contributed by atoms with Crippen molar-refractivity contribution in [1.29, 1.82) is 0 Å². The molecule has 0 aliphatic heterocycles. The first kappa shape index (κ1) is 18.8. The SMILES string of the molecule is Cc1noc(C(NC(=O)N(C)Cc2ccccc2N(C)C)C(C)C)n1. The van der Waals surface area contributed by atoms with Gasteiger partial charge in [-0.2, -0.15) is 4.98 Å². The molecule has 1 heterocycles. The van der Waals surface area contributed by atoms with E-state index in [-0.39, 0.29) is 18.0 Å². The number of rotatable bonds is 6. The highest BCUT2D eigenvalue weighted by Gasteiger charge is 2.25. The molecule has 1 unspecified atom stereocenters. The summed E-state index contributed by atoms with van der Waals surface area (Å²) in [5, 5.41) is 6.81. The topological polar surface area (TPSA) is 74.5 Å². The largest absolute Gasteiger partial charge is 0.377 e. The van der Waals surface area contributed by atoms with Crippen molar-refractivity contribution in [3.05, 3.63) is 41.5 Å². The fourth-order valence-electron chi connectivity index (χ4n) is 2.60. The van der Waals surface area contributed by atoms with Crippen LogP contribution in [0.2, 0.25) is 0 Å². The molecule has 25 heavy (non-hydrogen) atoms. The summed E-state index contributed by atoms with van der Waals surface area (Å²) in [6.45, 7) is 6.28. The van der Waals surface area contributed by atoms with Gasteiger partial charge < -0.3 is 19.6 Å². The molecule has 1 aromatic carbocycles. The normalized spacial score (nSPS) is 12.1. The van der Waals surface area contributed by atoms with E-state index in [1.807, 2.05) is 57.1 Å². The number of aromatic nitrogens is 2. The second kappa shape index (κ2) is 8.00. The summed E-state index contributed by atoms with van der Waals surface area (Å²) in [7, 11) is 5.76. The molecule has 2 aromatic rings. The Morgan fingerprint density at radius 2 is 1.92 bits per heavy atom. The van der Waals surface area contributed by atoms with Crippen LogP contribution in [0.15, 0.2) is 28.8 Å². The molecule has 2 amide bonds. The molecule has 1 N–H and O–H groups in total. The van der Waals surface area contributed by atoms with E-state index in [4.69, 9.17) is 4.52 Å². The Balaban J connectivity index is 2.09. The molecular weight excluding hydrogens is 318 g/mol. The van der Waals surface area contributed by atoms with Crippen LogP contribution >= 0.6 is 0 Å². The summed E-state index contributed by atoms with van der Waals surface area (Å²) in [6.07, 6.45) is 0. The van der Waals surface area contributed by atoms with E-state index >= 15 is 0 Å². The third-order valence-electron chi connectivity index (χ3n) is 3.98. The molecule has 0 aliphatic carbocycles. The number of carbonyl (C=O) groups excluding carboxylic acids is 1. The molecule has 1 atom stereocenters. The second-order valence-corrected chi connectivity index (χ2v) is 6.73. The summed E-state index contributed by atoms with van der Waals surface area (Å²) in [6, 6.07) is 7.54. The molecule has 0 bridgehead atoms. The van der Waals surface area contributed by atoms with Crippen molar-refractivity contribution in [2.75, 3.05) is 26.0 Å². The van der Waals surface area contributed by atoms with Gasteiger partial charge in [0, 0.05) is 33.4 Å². The Labute approximate surface area is 149 Å². The highest BCUT2D eigenvalue weighted by Crippen LogP contribution is 2.22. The first-order valence-corrected chi connectivity index (χ1v) is 8.36. The van der Waals surface area contributed by atoms with Gasteiger partial charge in [0.25, 0.3) is 0 Å². The van der Waals surface area contributed by atoms with Gasteiger partial charge in [0.15, 0.2) is 5.82 Å². The van der Waals surface area contributed by atoms with Gasteiger partial charge in [-0.3, -0.25) is 0 Å². The average molecular weight is 345 g/mol. The Hall–Kier alpha value is -2.57. The fourth-order valence-corrected chi connectivity index (χ4v) is 2.60. The molecule has 0 spiro atoms. The van der Waals surface area contributed by atoms with Crippen LogP contribution in [-0.4, -0.2) is 42.2 Å². The molecule has 136 valence electrons. The quantitative estimate of drug-likeness (QED) is 0.871. The van der Waals surface area contributed by atoms with Gasteiger partial charge in [0.1, 0.15) is 6.04 Å². The standard InChI is InChI=1S/C18H27N5O2/c1-12(2)16(17-19-13(3)21-25-17)20-18(24)23(6)11-14-9-7-8-10-15(14)22(4)5/h7-10,12,16H,11H2,1-6H3,(H,20,24). The minimum atomic E-state index is -0.319. The van der Waals surface area contributed by atoms with Gasteiger partial charge >= 0.3 is 6.03 Å². The molecule has 0 aliphatic rings. The molecule has 0 saturated heterocycles. The minimum Gasteiger partial charge on any atom is -0.377 e. The molecule has 7 heteroatoms. The lowest BCUT2D eigenvalue weighted by molar-refractivity contribution is 0.192. The number of hydrogen-bond donors (Lipinski definition) is 1. The van der Waals surface area contributed by atoms with E-state index in [0.29, 0.717) is 18.3 Å². The molecule has 7 nitrogen and oxygen atoms in total. The van der Waals surface area contributed by atoms with Crippen molar-refractivity contribution in [3.63, 3.8) is 0 Å². The number of amides is 2. The summed E-state index contributed by atoms with van der Waals surface area (Å²) >= 11 is 0. The van der Waals surface area contributed by atoms with Crippen molar-refractivity contribution < 1.29 is 9.32 Å². The smallest absolute Gasteiger partial charge is 0.318 e. The molecule has 0 saturated carbocycles. The van der Waals surface area contributed by atoms with E-state index in [1.54, 1.807) is 18.9 Å². The van der Waals surface area contributed by atoms with E-state index in [2.05, 4.69) is 15.5 Å². The lowest BCUT2D eigenvalue weighted by Crippen LogP contribution is -2.40. The average Bonchev–Trinajstić information content (AvgIpc) is 2.98. The van der Waals surface area contributed by atoms with Gasteiger partial charge in [-0.15, -0.1) is 0 Å². The fraction of sp³-hybridized carbons (Fsp3) is 0.500. The predicted molar refractivity (Wildman–Crippen MR) is 97.4 cm³/mol. The minimum absolute atomic E-state index is 0.131. The number of nitrogens with zero attached hydrogens (tertiary/aromatic N) is 4. The van der Waals surface area contributed by atoms with Crippen LogP contribution in [0.4, 0.5) is 10.5 Å². The molecule has 1 aromatic heterocycles. The van der Waals surface area contributed by atoms with E-state index in [1.165, 1.54) is 0 Å². The van der Waals surface area contributed by atoms with Crippen molar-refractivity contribution in [3.8, 4) is 0 Å². The first-order chi connectivity index (χ1) is 11.8. The molecular formula is C18H27N5O2. The van der Waals surface area contributed by atoms with Crippen LogP contribution < -0.4 is 10.2 Å². The number of aryl methyl sites for hydroxylation is 1. The Morgan fingerprint density at radius 3 is 2.48 bits per heavy atom. The van der Waals surface area contributed by atoms with E-state index < -0.39 is 0 Å². The number of hydrogen-bond acceptors (Lipinski definition) is 5. The van der Waals surface area contributed by atoms with E-state index in [0.717, 1.165) is 11.3 Å². The highest BCUT2D eigenvalue weighted by atomic mass is 16.5. The molecule has 2 rings (SSSR count). The second-order valence-electron chi connectivity index (χ2n) is 6.73. The predicted octanol–water partition coefficient (Wildman–Crippen LogP) is 2.98. The maximum absolute atomic E-state index is 12.6. The maximum atomic E-state index is 12.6. The number of nitrogens with one attached hydrogen (secondary N) is 1. The lowest BCUT2D eigenvalue weighted by Gasteiger charge is -2.25. The van der Waals surface area contributed by atoms with Gasteiger partial charge in [0.05, 0.1) is 0 Å². The van der Waals surface area contributed by atoms with Crippen LogP contribution in [0.25, 0.3) is 0 Å². The zero-order valence-electron chi connectivity index (χ0n) is 15.8. The third kappa shape index (κ3) is 4.71. The van der Waals surface area contributed by atoms with Gasteiger partial charge in [-0.1, -0.05) is 37.2 Å². The van der Waals surface area contributed by atoms with Crippen molar-refractivity contribution >= 4 is 11.7 Å². The van der Waals surface area contributed by atoms with Crippen LogP contribution in [0, 0.1) is 12.8 Å². The zero-order chi connectivity index (χ0) is 18.6. The number of urea groups is 1. The molecule has 0 radical (unpaired) electrons. The first-order valence-electron chi connectivity index (χ1n) is 8.36. The Bertz CT molecular complexity index is 711.